The minimum absolute atomic E-state index is 0.611. The predicted octanol–water partition coefficient (Wildman–Crippen LogP) is 2.24. The van der Waals surface area contributed by atoms with E-state index in [0.29, 0.717) is 5.69 Å². The standard InChI is InChI=1S/C8H6BrNO2/c9-6-3-1-2-4-7(6)10-5-8(11)12/h1-5H,(H,11,12). The fraction of sp³-hybridized carbons (Fsp3) is 0. The van der Waals surface area contributed by atoms with Crippen molar-refractivity contribution < 1.29 is 9.90 Å². The third-order valence-corrected chi connectivity index (χ3v) is 1.84. The lowest BCUT2D eigenvalue weighted by Gasteiger charge is -1.94. The minimum atomic E-state index is -1.05. The fourth-order valence-electron chi connectivity index (χ4n) is 0.681. The number of rotatable bonds is 2. The van der Waals surface area contributed by atoms with Crippen molar-refractivity contribution in [1.82, 2.24) is 0 Å². The summed E-state index contributed by atoms with van der Waals surface area (Å²) < 4.78 is 0.780. The van der Waals surface area contributed by atoms with Gasteiger partial charge in [-0.05, 0) is 28.1 Å². The molecule has 0 spiro atoms. The van der Waals surface area contributed by atoms with E-state index in [2.05, 4.69) is 20.9 Å². The summed E-state index contributed by atoms with van der Waals surface area (Å²) in [5, 5.41) is 8.30. The molecule has 0 atom stereocenters. The Balaban J connectivity index is 2.89. The Labute approximate surface area is 77.9 Å². The average molecular weight is 228 g/mol. The maximum absolute atomic E-state index is 10.1. The molecule has 62 valence electrons. The van der Waals surface area contributed by atoms with Crippen LogP contribution >= 0.6 is 15.9 Å². The van der Waals surface area contributed by atoms with E-state index in [1.165, 1.54) is 0 Å². The molecule has 0 aliphatic heterocycles. The zero-order valence-corrected chi connectivity index (χ0v) is 7.65. The van der Waals surface area contributed by atoms with Gasteiger partial charge in [-0.2, -0.15) is 0 Å². The second kappa shape index (κ2) is 4.01. The average Bonchev–Trinajstić information content (AvgIpc) is 2.03. The SMILES string of the molecule is O=C(O)C=Nc1ccccc1Br. The lowest BCUT2D eigenvalue weighted by Crippen LogP contribution is -1.93. The van der Waals surface area contributed by atoms with E-state index in [1.54, 1.807) is 18.2 Å². The summed E-state index contributed by atoms with van der Waals surface area (Å²) in [5.74, 6) is -1.05. The molecule has 1 N–H and O–H groups in total. The molecule has 3 nitrogen and oxygen atoms in total. The maximum Gasteiger partial charge on any atom is 0.346 e. The maximum atomic E-state index is 10.1. The monoisotopic (exact) mass is 227 g/mol. The van der Waals surface area contributed by atoms with Crippen molar-refractivity contribution in [2.24, 2.45) is 4.99 Å². The minimum Gasteiger partial charge on any atom is -0.477 e. The number of carbonyl (C=O) groups is 1. The highest BCUT2D eigenvalue weighted by atomic mass is 79.9. The van der Waals surface area contributed by atoms with Crippen molar-refractivity contribution in [3.05, 3.63) is 28.7 Å². The van der Waals surface area contributed by atoms with Crippen molar-refractivity contribution in [2.45, 2.75) is 0 Å². The number of aliphatic imine (C=N–C) groups is 1. The van der Waals surface area contributed by atoms with Crippen LogP contribution in [-0.2, 0) is 4.79 Å². The number of benzene rings is 1. The second-order valence-electron chi connectivity index (χ2n) is 2.05. The Hall–Kier alpha value is -1.16. The van der Waals surface area contributed by atoms with Crippen LogP contribution in [0.1, 0.15) is 0 Å². The van der Waals surface area contributed by atoms with Gasteiger partial charge >= 0.3 is 5.97 Å². The summed E-state index contributed by atoms with van der Waals surface area (Å²) in [6.45, 7) is 0. The van der Waals surface area contributed by atoms with Gasteiger partial charge in [-0.15, -0.1) is 0 Å². The summed E-state index contributed by atoms with van der Waals surface area (Å²) in [4.78, 5) is 13.9. The summed E-state index contributed by atoms with van der Waals surface area (Å²) in [5.41, 5.74) is 0.611. The molecule has 0 saturated heterocycles. The first-order valence-electron chi connectivity index (χ1n) is 3.21. The number of hydrogen-bond acceptors (Lipinski definition) is 2. The van der Waals surface area contributed by atoms with E-state index in [9.17, 15) is 4.79 Å². The lowest BCUT2D eigenvalue weighted by molar-refractivity contribution is -0.128. The van der Waals surface area contributed by atoms with Crippen LogP contribution in [0.15, 0.2) is 33.7 Å². The number of aliphatic carboxylic acids is 1. The molecule has 12 heavy (non-hydrogen) atoms. The van der Waals surface area contributed by atoms with E-state index >= 15 is 0 Å². The van der Waals surface area contributed by atoms with Gasteiger partial charge in [0.1, 0.15) is 6.21 Å². The van der Waals surface area contributed by atoms with Crippen LogP contribution in [0.4, 0.5) is 5.69 Å². The number of halogens is 1. The molecule has 0 bridgehead atoms. The molecule has 4 heteroatoms. The van der Waals surface area contributed by atoms with E-state index in [4.69, 9.17) is 5.11 Å². The summed E-state index contributed by atoms with van der Waals surface area (Å²) in [6.07, 6.45) is 0.861. The smallest absolute Gasteiger partial charge is 0.346 e. The molecular formula is C8H6BrNO2. The highest BCUT2D eigenvalue weighted by Crippen LogP contribution is 2.23. The van der Waals surface area contributed by atoms with Crippen LogP contribution in [0.3, 0.4) is 0 Å². The molecule has 0 radical (unpaired) electrons. The van der Waals surface area contributed by atoms with Gasteiger partial charge in [0.25, 0.3) is 0 Å². The third-order valence-electron chi connectivity index (χ3n) is 1.17. The van der Waals surface area contributed by atoms with E-state index in [1.807, 2.05) is 6.07 Å². The zero-order chi connectivity index (χ0) is 8.97. The molecular weight excluding hydrogens is 222 g/mol. The lowest BCUT2D eigenvalue weighted by atomic mass is 10.3. The quantitative estimate of drug-likeness (QED) is 0.789. The Morgan fingerprint density at radius 3 is 2.75 bits per heavy atom. The number of carboxylic acids is 1. The zero-order valence-electron chi connectivity index (χ0n) is 6.07. The number of nitrogens with zero attached hydrogens (tertiary/aromatic N) is 1. The van der Waals surface area contributed by atoms with Gasteiger partial charge in [-0.25, -0.2) is 9.79 Å². The molecule has 0 aliphatic carbocycles. The van der Waals surface area contributed by atoms with E-state index in [-0.39, 0.29) is 0 Å². The van der Waals surface area contributed by atoms with Crippen LogP contribution in [0.2, 0.25) is 0 Å². The first-order valence-corrected chi connectivity index (χ1v) is 4.01. The Morgan fingerprint density at radius 2 is 2.17 bits per heavy atom. The van der Waals surface area contributed by atoms with Gasteiger partial charge < -0.3 is 5.11 Å². The third kappa shape index (κ3) is 2.47. The van der Waals surface area contributed by atoms with Gasteiger partial charge in [0.2, 0.25) is 0 Å². The second-order valence-corrected chi connectivity index (χ2v) is 2.90. The first-order chi connectivity index (χ1) is 5.70. The molecule has 1 aromatic rings. The largest absolute Gasteiger partial charge is 0.477 e. The molecule has 1 aromatic carbocycles. The molecule has 1 rings (SSSR count). The molecule has 0 fully saturated rings. The fourth-order valence-corrected chi connectivity index (χ4v) is 1.07. The number of hydrogen-bond donors (Lipinski definition) is 1. The Morgan fingerprint density at radius 1 is 1.50 bits per heavy atom. The van der Waals surface area contributed by atoms with Crippen molar-refractivity contribution >= 4 is 33.8 Å². The first kappa shape index (κ1) is 8.93. The van der Waals surface area contributed by atoms with Crippen LogP contribution < -0.4 is 0 Å². The normalized spacial score (nSPS) is 10.4. The van der Waals surface area contributed by atoms with Crippen LogP contribution in [0, 0.1) is 0 Å². The number of para-hydroxylation sites is 1. The van der Waals surface area contributed by atoms with Gasteiger partial charge in [-0.3, -0.25) is 0 Å². The van der Waals surface area contributed by atoms with Gasteiger partial charge in [0, 0.05) is 4.47 Å². The van der Waals surface area contributed by atoms with Crippen molar-refractivity contribution in [3.63, 3.8) is 0 Å². The van der Waals surface area contributed by atoms with E-state index in [0.717, 1.165) is 10.7 Å². The molecule has 0 saturated carbocycles. The van der Waals surface area contributed by atoms with Gasteiger partial charge in [-0.1, -0.05) is 12.1 Å². The highest BCUT2D eigenvalue weighted by molar-refractivity contribution is 9.10. The van der Waals surface area contributed by atoms with E-state index < -0.39 is 5.97 Å². The molecule has 0 aliphatic rings. The van der Waals surface area contributed by atoms with Crippen LogP contribution in [0.5, 0.6) is 0 Å². The Kier molecular flexibility index (Phi) is 2.99. The number of carboxylic acid groups (broad SMARTS) is 1. The molecule has 0 aromatic heterocycles. The molecule has 0 unspecified atom stereocenters. The highest BCUT2D eigenvalue weighted by Gasteiger charge is 1.94. The summed E-state index contributed by atoms with van der Waals surface area (Å²) in [7, 11) is 0. The van der Waals surface area contributed by atoms with Crippen LogP contribution in [-0.4, -0.2) is 17.3 Å². The molecule has 0 heterocycles. The van der Waals surface area contributed by atoms with Gasteiger partial charge in [0.05, 0.1) is 5.69 Å². The van der Waals surface area contributed by atoms with Gasteiger partial charge in [0.15, 0.2) is 0 Å². The predicted molar refractivity (Wildman–Crippen MR) is 49.9 cm³/mol. The van der Waals surface area contributed by atoms with Crippen LogP contribution in [0.25, 0.3) is 0 Å². The summed E-state index contributed by atoms with van der Waals surface area (Å²) in [6, 6.07) is 7.15. The van der Waals surface area contributed by atoms with Crippen molar-refractivity contribution in [3.8, 4) is 0 Å². The van der Waals surface area contributed by atoms with Crippen molar-refractivity contribution in [1.29, 1.82) is 0 Å². The topological polar surface area (TPSA) is 49.7 Å². The molecule has 0 amide bonds. The van der Waals surface area contributed by atoms with Crippen molar-refractivity contribution in [2.75, 3.05) is 0 Å². The summed E-state index contributed by atoms with van der Waals surface area (Å²) >= 11 is 3.24. The Bertz CT molecular complexity index is 323.